The summed E-state index contributed by atoms with van der Waals surface area (Å²) in [4.78, 5) is 30.0. The number of benzene rings is 2. The van der Waals surface area contributed by atoms with Gasteiger partial charge in [0.1, 0.15) is 5.70 Å². The van der Waals surface area contributed by atoms with Crippen molar-refractivity contribution >= 4 is 34.7 Å². The molecule has 0 unspecified atom stereocenters. The van der Waals surface area contributed by atoms with Gasteiger partial charge < -0.3 is 4.90 Å². The Hall–Kier alpha value is -2.59. The van der Waals surface area contributed by atoms with Crippen LogP contribution in [0, 0.1) is 5.92 Å². The van der Waals surface area contributed by atoms with Crippen LogP contribution in [0.3, 0.4) is 0 Å². The number of rotatable bonds is 3. The van der Waals surface area contributed by atoms with E-state index in [9.17, 15) is 9.59 Å². The second-order valence-electron chi connectivity index (χ2n) is 7.16. The number of amides is 2. The first-order chi connectivity index (χ1) is 13.1. The second kappa shape index (κ2) is 7.20. The third-order valence-electron chi connectivity index (χ3n) is 5.32. The third-order valence-corrected chi connectivity index (χ3v) is 5.63. The number of hydrogen-bond donors (Lipinski definition) is 0. The van der Waals surface area contributed by atoms with Crippen LogP contribution in [-0.2, 0) is 9.59 Å². The van der Waals surface area contributed by atoms with Crippen LogP contribution in [0.2, 0.25) is 5.02 Å². The van der Waals surface area contributed by atoms with Gasteiger partial charge in [0.2, 0.25) is 0 Å². The van der Waals surface area contributed by atoms with Gasteiger partial charge in [-0.15, -0.1) is 0 Å². The van der Waals surface area contributed by atoms with Gasteiger partial charge in [0.25, 0.3) is 11.8 Å². The van der Waals surface area contributed by atoms with Gasteiger partial charge >= 0.3 is 0 Å². The first-order valence-electron chi connectivity index (χ1n) is 9.26. The van der Waals surface area contributed by atoms with E-state index in [-0.39, 0.29) is 11.8 Å². The van der Waals surface area contributed by atoms with Gasteiger partial charge in [-0.1, -0.05) is 61.0 Å². The van der Waals surface area contributed by atoms with Crippen LogP contribution in [0.4, 0.5) is 5.69 Å². The van der Waals surface area contributed by atoms with E-state index < -0.39 is 0 Å². The summed E-state index contributed by atoms with van der Waals surface area (Å²) in [6.45, 7) is 3.78. The molecule has 138 valence electrons. The quantitative estimate of drug-likeness (QED) is 0.743. The lowest BCUT2D eigenvalue weighted by atomic mass is 9.97. The highest BCUT2D eigenvalue weighted by Gasteiger charge is 2.43. The molecule has 2 heterocycles. The Morgan fingerprint density at radius 1 is 0.889 bits per heavy atom. The lowest BCUT2D eigenvalue weighted by Crippen LogP contribution is -2.38. The maximum absolute atomic E-state index is 13.4. The van der Waals surface area contributed by atoms with Crippen LogP contribution >= 0.6 is 11.6 Å². The highest BCUT2D eigenvalue weighted by molar-refractivity contribution is 6.47. The molecule has 0 bridgehead atoms. The van der Waals surface area contributed by atoms with E-state index in [0.717, 1.165) is 31.5 Å². The summed E-state index contributed by atoms with van der Waals surface area (Å²) in [5.74, 6) is 0.0309. The van der Waals surface area contributed by atoms with Crippen LogP contribution in [-0.4, -0.2) is 29.8 Å². The molecule has 0 atom stereocenters. The zero-order valence-corrected chi connectivity index (χ0v) is 15.9. The maximum Gasteiger partial charge on any atom is 0.282 e. The second-order valence-corrected chi connectivity index (χ2v) is 7.56. The molecule has 0 saturated carbocycles. The van der Waals surface area contributed by atoms with E-state index in [1.54, 1.807) is 24.3 Å². The number of anilines is 1. The minimum Gasteiger partial charge on any atom is -0.366 e. The van der Waals surface area contributed by atoms with E-state index in [0.29, 0.717) is 27.9 Å². The molecule has 0 spiro atoms. The predicted molar refractivity (Wildman–Crippen MR) is 107 cm³/mol. The van der Waals surface area contributed by atoms with Crippen molar-refractivity contribution in [2.75, 3.05) is 18.0 Å². The lowest BCUT2D eigenvalue weighted by Gasteiger charge is -2.32. The summed E-state index contributed by atoms with van der Waals surface area (Å²) in [5.41, 5.74) is 2.16. The molecule has 2 aliphatic rings. The highest BCUT2D eigenvalue weighted by Crippen LogP contribution is 2.38. The summed E-state index contributed by atoms with van der Waals surface area (Å²) < 4.78 is 0. The number of carbonyl (C=O) groups is 2. The van der Waals surface area contributed by atoms with Crippen molar-refractivity contribution in [2.45, 2.75) is 19.8 Å². The Labute approximate surface area is 164 Å². The smallest absolute Gasteiger partial charge is 0.282 e. The summed E-state index contributed by atoms with van der Waals surface area (Å²) in [7, 11) is 0. The Balaban J connectivity index is 1.82. The molecule has 4 rings (SSSR count). The van der Waals surface area contributed by atoms with E-state index in [4.69, 9.17) is 11.6 Å². The fourth-order valence-corrected chi connectivity index (χ4v) is 3.98. The van der Waals surface area contributed by atoms with Crippen LogP contribution in [0.25, 0.3) is 5.57 Å². The minimum atomic E-state index is -0.312. The monoisotopic (exact) mass is 380 g/mol. The third kappa shape index (κ3) is 3.15. The molecule has 1 fully saturated rings. The van der Waals surface area contributed by atoms with Crippen molar-refractivity contribution in [2.24, 2.45) is 5.92 Å². The number of likely N-dealkylation sites (tertiary alicyclic amines) is 1. The van der Waals surface area contributed by atoms with Gasteiger partial charge in [-0.3, -0.25) is 9.59 Å². The van der Waals surface area contributed by atoms with Crippen molar-refractivity contribution in [1.82, 2.24) is 4.90 Å². The number of piperidine rings is 1. The van der Waals surface area contributed by atoms with E-state index in [2.05, 4.69) is 11.8 Å². The molecule has 0 aromatic heterocycles. The molecule has 0 aliphatic carbocycles. The summed E-state index contributed by atoms with van der Waals surface area (Å²) in [6, 6.07) is 16.4. The lowest BCUT2D eigenvalue weighted by molar-refractivity contribution is -0.120. The van der Waals surface area contributed by atoms with Crippen LogP contribution in [0.1, 0.15) is 25.3 Å². The van der Waals surface area contributed by atoms with Gasteiger partial charge in [0.05, 0.1) is 16.3 Å². The summed E-state index contributed by atoms with van der Waals surface area (Å²) in [6.07, 6.45) is 2.03. The molecule has 2 aromatic rings. The SMILES string of the molecule is CC1CCN(C2=C(c3ccccc3)C(=O)N(c3ccccc3Cl)C2=O)CC1. The van der Waals surface area contributed by atoms with Crippen molar-refractivity contribution < 1.29 is 9.59 Å². The van der Waals surface area contributed by atoms with Gasteiger partial charge in [-0.05, 0) is 36.5 Å². The highest BCUT2D eigenvalue weighted by atomic mass is 35.5. The Morgan fingerprint density at radius 2 is 1.52 bits per heavy atom. The molecule has 0 radical (unpaired) electrons. The molecule has 27 heavy (non-hydrogen) atoms. The van der Waals surface area contributed by atoms with Crippen LogP contribution in [0.15, 0.2) is 60.3 Å². The van der Waals surface area contributed by atoms with E-state index >= 15 is 0 Å². The topological polar surface area (TPSA) is 40.6 Å². The van der Waals surface area contributed by atoms with Gasteiger partial charge in [-0.2, -0.15) is 0 Å². The minimum absolute atomic E-state index is 0.290. The molecule has 4 nitrogen and oxygen atoms in total. The summed E-state index contributed by atoms with van der Waals surface area (Å²) in [5, 5.41) is 0.389. The normalized spacial score (nSPS) is 18.6. The Morgan fingerprint density at radius 3 is 2.19 bits per heavy atom. The number of carbonyl (C=O) groups excluding carboxylic acids is 2. The molecule has 1 saturated heterocycles. The number of imide groups is 1. The summed E-state index contributed by atoms with van der Waals surface area (Å²) >= 11 is 6.30. The Kier molecular flexibility index (Phi) is 4.75. The molecule has 0 N–H and O–H groups in total. The van der Waals surface area contributed by atoms with Crippen molar-refractivity contribution in [1.29, 1.82) is 0 Å². The van der Waals surface area contributed by atoms with Crippen molar-refractivity contribution in [3.05, 3.63) is 70.9 Å². The molecule has 2 amide bonds. The fraction of sp³-hybridized carbons (Fsp3) is 0.273. The van der Waals surface area contributed by atoms with Gasteiger partial charge in [-0.25, -0.2) is 4.90 Å². The van der Waals surface area contributed by atoms with Crippen LogP contribution in [0.5, 0.6) is 0 Å². The molecule has 2 aliphatic heterocycles. The first kappa shape index (κ1) is 17.8. The predicted octanol–water partition coefficient (Wildman–Crippen LogP) is 4.36. The fourth-order valence-electron chi connectivity index (χ4n) is 3.76. The molecular weight excluding hydrogens is 360 g/mol. The zero-order valence-electron chi connectivity index (χ0n) is 15.2. The van der Waals surface area contributed by atoms with Gasteiger partial charge in [0.15, 0.2) is 0 Å². The largest absolute Gasteiger partial charge is 0.366 e. The van der Waals surface area contributed by atoms with Crippen LogP contribution < -0.4 is 4.90 Å². The zero-order chi connectivity index (χ0) is 19.0. The standard InChI is InChI=1S/C22H21ClN2O2/c1-15-11-13-24(14-12-15)20-19(16-7-3-2-4-8-16)21(26)25(22(20)27)18-10-6-5-9-17(18)23/h2-10,15H,11-14H2,1H3. The number of nitrogens with zero attached hydrogens (tertiary/aromatic N) is 2. The molecule has 2 aromatic carbocycles. The Bertz CT molecular complexity index is 915. The van der Waals surface area contributed by atoms with Crippen molar-refractivity contribution in [3.63, 3.8) is 0 Å². The number of para-hydroxylation sites is 1. The average molecular weight is 381 g/mol. The maximum atomic E-state index is 13.4. The molecule has 5 heteroatoms. The van der Waals surface area contributed by atoms with Gasteiger partial charge in [0, 0.05) is 13.1 Å². The van der Waals surface area contributed by atoms with E-state index in [1.807, 2.05) is 30.3 Å². The number of halogens is 1. The average Bonchev–Trinajstić information content (AvgIpc) is 2.94. The van der Waals surface area contributed by atoms with Crippen molar-refractivity contribution in [3.8, 4) is 0 Å². The number of hydrogen-bond acceptors (Lipinski definition) is 3. The first-order valence-corrected chi connectivity index (χ1v) is 9.63. The molecular formula is C22H21ClN2O2. The van der Waals surface area contributed by atoms with E-state index in [1.165, 1.54) is 4.90 Å².